The first-order valence-electron chi connectivity index (χ1n) is 7.69. The van der Waals surface area contributed by atoms with Crippen LogP contribution in [0.5, 0.6) is 0 Å². The highest BCUT2D eigenvalue weighted by Gasteiger charge is 2.21. The van der Waals surface area contributed by atoms with E-state index in [0.29, 0.717) is 21.6 Å². The molecule has 3 N–H and O–H groups in total. The van der Waals surface area contributed by atoms with Crippen LogP contribution < -0.4 is 11.1 Å². The minimum atomic E-state index is -1.09. The number of ether oxygens (including phenoxy) is 1. The first kappa shape index (κ1) is 19.0. The number of nitrogens with one attached hydrogen (secondary N) is 1. The van der Waals surface area contributed by atoms with Gasteiger partial charge in [0, 0.05) is 17.1 Å². The molecule has 8 nitrogen and oxygen atoms in total. The number of halogens is 1. The van der Waals surface area contributed by atoms with Crippen LogP contribution in [0.25, 0.3) is 11.0 Å². The molecule has 1 aromatic carbocycles. The van der Waals surface area contributed by atoms with Gasteiger partial charge in [0.1, 0.15) is 22.2 Å². The zero-order valence-corrected chi connectivity index (χ0v) is 15.4. The lowest BCUT2D eigenvalue weighted by Gasteiger charge is -2.19. The molecule has 2 aromatic rings. The van der Waals surface area contributed by atoms with Crippen LogP contribution in [0.15, 0.2) is 12.1 Å². The summed E-state index contributed by atoms with van der Waals surface area (Å²) in [6.45, 7) is 7.27. The van der Waals surface area contributed by atoms with Gasteiger partial charge >= 0.3 is 6.09 Å². The number of aromatic nitrogens is 3. The second-order valence-corrected chi connectivity index (χ2v) is 7.48. The molecule has 0 fully saturated rings. The number of carbonyl (C=O) groups excluding carboxylic acids is 1. The number of nitriles is 1. The number of hydrogen-bond donors (Lipinski definition) is 2. The molecule has 0 spiro atoms. The quantitative estimate of drug-likeness (QED) is 0.859. The summed E-state index contributed by atoms with van der Waals surface area (Å²) in [6, 6.07) is 5.36. The van der Waals surface area contributed by atoms with Crippen molar-refractivity contribution < 1.29 is 9.53 Å². The molecular formula is C16H21ClN6O2. The predicted octanol–water partition coefficient (Wildman–Crippen LogP) is 2.35. The number of hydrogen-bond acceptors (Lipinski definition) is 6. The second-order valence-electron chi connectivity index (χ2n) is 7.05. The third-order valence-electron chi connectivity index (χ3n) is 3.12. The van der Waals surface area contributed by atoms with E-state index < -0.39 is 17.2 Å². The fourth-order valence-electron chi connectivity index (χ4n) is 2.11. The molecule has 0 aliphatic heterocycles. The van der Waals surface area contributed by atoms with Crippen LogP contribution in [0, 0.1) is 11.3 Å². The van der Waals surface area contributed by atoms with E-state index in [9.17, 15) is 4.79 Å². The molecule has 0 radical (unpaired) electrons. The molecule has 2 rings (SSSR count). The van der Waals surface area contributed by atoms with E-state index in [1.165, 1.54) is 4.80 Å². The van der Waals surface area contributed by atoms with Crippen molar-refractivity contribution in [3.63, 3.8) is 0 Å². The van der Waals surface area contributed by atoms with Crippen molar-refractivity contribution in [3.8, 4) is 6.07 Å². The fraction of sp³-hybridized carbons (Fsp3) is 0.500. The lowest BCUT2D eigenvalue weighted by atomic mass is 10.1. The van der Waals surface area contributed by atoms with E-state index in [1.54, 1.807) is 39.8 Å². The Morgan fingerprint density at radius 3 is 2.68 bits per heavy atom. The van der Waals surface area contributed by atoms with Crippen LogP contribution in [-0.2, 0) is 17.8 Å². The van der Waals surface area contributed by atoms with Gasteiger partial charge in [-0.2, -0.15) is 20.3 Å². The van der Waals surface area contributed by atoms with Crippen molar-refractivity contribution >= 4 is 28.7 Å². The van der Waals surface area contributed by atoms with Crippen LogP contribution in [0.4, 0.5) is 4.79 Å². The van der Waals surface area contributed by atoms with Gasteiger partial charge in [0.15, 0.2) is 0 Å². The summed E-state index contributed by atoms with van der Waals surface area (Å²) in [6.07, 6.45) is -0.535. The fourth-order valence-corrected chi connectivity index (χ4v) is 2.35. The van der Waals surface area contributed by atoms with Gasteiger partial charge in [0.25, 0.3) is 0 Å². The Labute approximate surface area is 150 Å². The Kier molecular flexibility index (Phi) is 5.20. The Hall–Kier alpha value is -2.37. The van der Waals surface area contributed by atoms with Gasteiger partial charge in [0.05, 0.1) is 12.6 Å². The van der Waals surface area contributed by atoms with E-state index in [4.69, 9.17) is 27.3 Å². The molecule has 25 heavy (non-hydrogen) atoms. The summed E-state index contributed by atoms with van der Waals surface area (Å²) in [5, 5.41) is 20.8. The lowest BCUT2D eigenvalue weighted by Crippen LogP contribution is -2.39. The topological polar surface area (TPSA) is 119 Å². The highest BCUT2D eigenvalue weighted by Crippen LogP contribution is 2.22. The van der Waals surface area contributed by atoms with Gasteiger partial charge in [0.2, 0.25) is 0 Å². The van der Waals surface area contributed by atoms with Gasteiger partial charge in [-0.1, -0.05) is 11.6 Å². The largest absolute Gasteiger partial charge is 0.444 e. The van der Waals surface area contributed by atoms with Crippen molar-refractivity contribution in [1.29, 1.82) is 5.26 Å². The summed E-state index contributed by atoms with van der Waals surface area (Å²) in [5.41, 5.74) is 5.99. The standard InChI is InChI=1S/C16H21ClN6O2/c1-15(2,3)25-14(24)20-7-10-5-11(17)6-12-13(10)22-23(21-12)9-16(4,19)8-18/h5-6H,7,9,19H2,1-4H3,(H,20,24). The molecule has 0 bridgehead atoms. The zero-order chi connectivity index (χ0) is 18.8. The van der Waals surface area contributed by atoms with Crippen LogP contribution in [0.1, 0.15) is 33.3 Å². The molecule has 0 saturated heterocycles. The molecule has 9 heteroatoms. The number of rotatable bonds is 4. The van der Waals surface area contributed by atoms with E-state index in [1.807, 2.05) is 6.07 Å². The van der Waals surface area contributed by atoms with E-state index in [-0.39, 0.29) is 13.1 Å². The summed E-state index contributed by atoms with van der Waals surface area (Å²) in [4.78, 5) is 13.2. The van der Waals surface area contributed by atoms with E-state index in [0.717, 1.165) is 0 Å². The third kappa shape index (κ3) is 5.31. The van der Waals surface area contributed by atoms with Crippen molar-refractivity contribution in [3.05, 3.63) is 22.7 Å². The Balaban J connectivity index is 2.23. The summed E-state index contributed by atoms with van der Waals surface area (Å²) < 4.78 is 5.21. The van der Waals surface area contributed by atoms with Gasteiger partial charge in [-0.3, -0.25) is 0 Å². The number of amides is 1. The maximum atomic E-state index is 11.8. The molecule has 0 aliphatic rings. The van der Waals surface area contributed by atoms with Gasteiger partial charge in [-0.25, -0.2) is 4.79 Å². The highest BCUT2D eigenvalue weighted by atomic mass is 35.5. The first-order chi connectivity index (χ1) is 11.5. The molecule has 134 valence electrons. The van der Waals surface area contributed by atoms with Gasteiger partial charge in [-0.15, -0.1) is 0 Å². The van der Waals surface area contributed by atoms with Crippen molar-refractivity contribution in [1.82, 2.24) is 20.3 Å². The normalized spacial score (nSPS) is 14.0. The van der Waals surface area contributed by atoms with E-state index in [2.05, 4.69) is 15.5 Å². The number of fused-ring (bicyclic) bond motifs is 1. The molecule has 1 heterocycles. The number of carbonyl (C=O) groups is 1. The minimum Gasteiger partial charge on any atom is -0.444 e. The maximum Gasteiger partial charge on any atom is 0.407 e. The molecule has 1 unspecified atom stereocenters. The Morgan fingerprint density at radius 1 is 1.40 bits per heavy atom. The Bertz CT molecular complexity index is 831. The minimum absolute atomic E-state index is 0.134. The zero-order valence-electron chi connectivity index (χ0n) is 14.6. The summed E-state index contributed by atoms with van der Waals surface area (Å²) >= 11 is 6.12. The molecule has 1 amide bonds. The lowest BCUT2D eigenvalue weighted by molar-refractivity contribution is 0.0524. The predicted molar refractivity (Wildman–Crippen MR) is 93.8 cm³/mol. The molecule has 0 aliphatic carbocycles. The number of nitrogens with zero attached hydrogens (tertiary/aromatic N) is 4. The third-order valence-corrected chi connectivity index (χ3v) is 3.34. The average molecular weight is 365 g/mol. The molecule has 1 aromatic heterocycles. The van der Waals surface area contributed by atoms with Gasteiger partial charge in [-0.05, 0) is 39.8 Å². The summed E-state index contributed by atoms with van der Waals surface area (Å²) in [7, 11) is 0. The molecule has 0 saturated carbocycles. The van der Waals surface area contributed by atoms with Crippen LogP contribution >= 0.6 is 11.6 Å². The number of benzene rings is 1. The summed E-state index contributed by atoms with van der Waals surface area (Å²) in [5.74, 6) is 0. The van der Waals surface area contributed by atoms with Crippen molar-refractivity contribution in [2.24, 2.45) is 5.73 Å². The van der Waals surface area contributed by atoms with Gasteiger partial charge < -0.3 is 15.8 Å². The maximum absolute atomic E-state index is 11.8. The van der Waals surface area contributed by atoms with Crippen molar-refractivity contribution in [2.45, 2.75) is 51.9 Å². The highest BCUT2D eigenvalue weighted by molar-refractivity contribution is 6.31. The number of nitrogens with two attached hydrogens (primary N) is 1. The molecule has 1 atom stereocenters. The average Bonchev–Trinajstić information content (AvgIpc) is 2.84. The van der Waals surface area contributed by atoms with Crippen LogP contribution in [-0.4, -0.2) is 32.2 Å². The second kappa shape index (κ2) is 6.86. The monoisotopic (exact) mass is 364 g/mol. The van der Waals surface area contributed by atoms with Crippen LogP contribution in [0.3, 0.4) is 0 Å². The SMILES string of the molecule is CC(N)(C#N)Cn1nc2cc(Cl)cc(CNC(=O)OC(C)(C)C)c2n1. The smallest absolute Gasteiger partial charge is 0.407 e. The molecular weight excluding hydrogens is 344 g/mol. The van der Waals surface area contributed by atoms with Crippen molar-refractivity contribution in [2.75, 3.05) is 0 Å². The van der Waals surface area contributed by atoms with Crippen LogP contribution in [0.2, 0.25) is 5.02 Å². The van der Waals surface area contributed by atoms with E-state index >= 15 is 0 Å². The Morgan fingerprint density at radius 2 is 2.08 bits per heavy atom. The first-order valence-corrected chi connectivity index (χ1v) is 8.07. The number of alkyl carbamates (subject to hydrolysis) is 1.